The van der Waals surface area contributed by atoms with Crippen LogP contribution in [0.25, 0.3) is 22.2 Å². The maximum atomic E-state index is 14.4. The third kappa shape index (κ3) is 5.91. The zero-order valence-electron chi connectivity index (χ0n) is 22.7. The van der Waals surface area contributed by atoms with Crippen molar-refractivity contribution in [2.75, 3.05) is 31.2 Å². The number of aryl methyl sites for hydroxylation is 1. The first kappa shape index (κ1) is 27.2. The number of anilines is 1. The fourth-order valence-electron chi connectivity index (χ4n) is 5.25. The van der Waals surface area contributed by atoms with E-state index in [1.807, 2.05) is 60.4 Å². The van der Waals surface area contributed by atoms with Crippen LogP contribution >= 0.6 is 11.6 Å². The molecule has 0 amide bonds. The van der Waals surface area contributed by atoms with Gasteiger partial charge in [0, 0.05) is 55.1 Å². The average Bonchev–Trinajstić information content (AvgIpc) is 3.32. The number of hydrogen-bond acceptors (Lipinski definition) is 5. The van der Waals surface area contributed by atoms with Gasteiger partial charge in [0.1, 0.15) is 11.5 Å². The molecule has 0 N–H and O–H groups in total. The molecule has 0 aliphatic carbocycles. The second kappa shape index (κ2) is 11.9. The van der Waals surface area contributed by atoms with E-state index in [0.29, 0.717) is 31.9 Å². The van der Waals surface area contributed by atoms with Crippen LogP contribution in [0.2, 0.25) is 5.02 Å². The number of hydrogen-bond donors (Lipinski definition) is 0. The van der Waals surface area contributed by atoms with Gasteiger partial charge in [-0.1, -0.05) is 54.1 Å². The lowest BCUT2D eigenvalue weighted by Crippen LogP contribution is -2.44. The number of ether oxygens (including phenoxy) is 2. The third-order valence-corrected chi connectivity index (χ3v) is 7.69. The highest BCUT2D eigenvalue weighted by atomic mass is 35.5. The molecule has 1 saturated heterocycles. The molecule has 9 heteroatoms. The van der Waals surface area contributed by atoms with Gasteiger partial charge in [0.15, 0.2) is 0 Å². The van der Waals surface area contributed by atoms with Crippen molar-refractivity contribution in [3.05, 3.63) is 118 Å². The second-order valence-corrected chi connectivity index (χ2v) is 10.7. The number of halogens is 2. The highest BCUT2D eigenvalue weighted by molar-refractivity contribution is 6.30. The average molecular weight is 573 g/mol. The zero-order valence-corrected chi connectivity index (χ0v) is 23.4. The summed E-state index contributed by atoms with van der Waals surface area (Å²) in [5, 5.41) is 0.990. The van der Waals surface area contributed by atoms with Crippen molar-refractivity contribution >= 4 is 28.3 Å². The van der Waals surface area contributed by atoms with E-state index >= 15 is 0 Å². The van der Waals surface area contributed by atoms with Crippen LogP contribution in [0.5, 0.6) is 0 Å². The molecule has 0 radical (unpaired) electrons. The Morgan fingerprint density at radius 2 is 1.98 bits per heavy atom. The molecule has 6 rings (SSSR count). The summed E-state index contributed by atoms with van der Waals surface area (Å²) < 4.78 is 29.8. The quantitative estimate of drug-likeness (QED) is 0.240. The van der Waals surface area contributed by atoms with Crippen molar-refractivity contribution in [3.63, 3.8) is 0 Å². The van der Waals surface area contributed by atoms with Gasteiger partial charge in [-0.2, -0.15) is 0 Å². The summed E-state index contributed by atoms with van der Waals surface area (Å²) in [4.78, 5) is 20.1. The Kier molecular flexibility index (Phi) is 7.87. The van der Waals surface area contributed by atoms with E-state index in [-0.39, 0.29) is 23.2 Å². The number of fused-ring (bicyclic) bond motifs is 1. The summed E-state index contributed by atoms with van der Waals surface area (Å²) in [6, 6.07) is 20.5. The molecule has 0 bridgehead atoms. The van der Waals surface area contributed by atoms with Gasteiger partial charge in [0.25, 0.3) is 5.56 Å². The van der Waals surface area contributed by atoms with Crippen LogP contribution < -0.4 is 10.5 Å². The van der Waals surface area contributed by atoms with Crippen LogP contribution in [0, 0.1) is 5.82 Å². The molecule has 210 valence electrons. The van der Waals surface area contributed by atoms with Gasteiger partial charge in [0.05, 0.1) is 49.4 Å². The lowest BCUT2D eigenvalue weighted by atomic mass is 10.1. The molecule has 3 aromatic heterocycles. The van der Waals surface area contributed by atoms with Gasteiger partial charge in [-0.15, -0.1) is 0 Å². The number of benzene rings is 2. The molecule has 5 aromatic rings. The SMILES string of the molecule is Cn1cc(-c2ccn(Cc3cccc(Cl)c3F)c(=O)c2)c2cc(N3CCOC(COCc4ccccc4)C3)cnc21. The van der Waals surface area contributed by atoms with Crippen molar-refractivity contribution in [2.24, 2.45) is 7.05 Å². The Balaban J connectivity index is 1.21. The van der Waals surface area contributed by atoms with E-state index in [1.165, 1.54) is 10.6 Å². The molecule has 1 fully saturated rings. The Morgan fingerprint density at radius 1 is 1.12 bits per heavy atom. The fourth-order valence-corrected chi connectivity index (χ4v) is 5.44. The van der Waals surface area contributed by atoms with Crippen LogP contribution in [0.3, 0.4) is 0 Å². The monoisotopic (exact) mass is 572 g/mol. The van der Waals surface area contributed by atoms with E-state index in [9.17, 15) is 9.18 Å². The summed E-state index contributed by atoms with van der Waals surface area (Å²) in [6.07, 6.45) is 5.51. The van der Waals surface area contributed by atoms with Crippen LogP contribution in [-0.4, -0.2) is 46.5 Å². The molecule has 0 saturated carbocycles. The van der Waals surface area contributed by atoms with E-state index < -0.39 is 5.82 Å². The molecule has 2 aromatic carbocycles. The summed E-state index contributed by atoms with van der Waals surface area (Å²) in [6.45, 7) is 3.20. The molecule has 1 unspecified atom stereocenters. The number of morpholine rings is 1. The lowest BCUT2D eigenvalue weighted by Gasteiger charge is -2.34. The van der Waals surface area contributed by atoms with Crippen molar-refractivity contribution in [3.8, 4) is 11.1 Å². The van der Waals surface area contributed by atoms with Crippen LogP contribution in [0.1, 0.15) is 11.1 Å². The van der Waals surface area contributed by atoms with E-state index in [0.717, 1.165) is 40.0 Å². The van der Waals surface area contributed by atoms with Gasteiger partial charge in [-0.05, 0) is 29.3 Å². The first-order valence-electron chi connectivity index (χ1n) is 13.5. The molecular formula is C32H30ClFN4O3. The van der Waals surface area contributed by atoms with Gasteiger partial charge >= 0.3 is 0 Å². The number of rotatable bonds is 8. The van der Waals surface area contributed by atoms with E-state index in [2.05, 4.69) is 11.0 Å². The minimum absolute atomic E-state index is 0.0394. The summed E-state index contributed by atoms with van der Waals surface area (Å²) >= 11 is 5.92. The van der Waals surface area contributed by atoms with E-state index in [1.54, 1.807) is 24.4 Å². The number of pyridine rings is 2. The van der Waals surface area contributed by atoms with Crippen molar-refractivity contribution < 1.29 is 13.9 Å². The first-order chi connectivity index (χ1) is 20.0. The van der Waals surface area contributed by atoms with Gasteiger partial charge in [-0.3, -0.25) is 4.79 Å². The molecule has 41 heavy (non-hydrogen) atoms. The zero-order chi connectivity index (χ0) is 28.3. The van der Waals surface area contributed by atoms with Crippen molar-refractivity contribution in [2.45, 2.75) is 19.3 Å². The second-order valence-electron chi connectivity index (χ2n) is 10.3. The molecule has 4 heterocycles. The number of nitrogens with zero attached hydrogens (tertiary/aromatic N) is 4. The maximum absolute atomic E-state index is 14.4. The lowest BCUT2D eigenvalue weighted by molar-refractivity contribution is -0.0283. The minimum Gasteiger partial charge on any atom is -0.374 e. The molecule has 1 aliphatic rings. The Hall–Kier alpha value is -3.98. The van der Waals surface area contributed by atoms with Crippen LogP contribution in [0.4, 0.5) is 10.1 Å². The molecule has 7 nitrogen and oxygen atoms in total. The van der Waals surface area contributed by atoms with E-state index in [4.69, 9.17) is 26.1 Å². The van der Waals surface area contributed by atoms with Crippen molar-refractivity contribution in [1.29, 1.82) is 0 Å². The normalized spacial score (nSPS) is 15.5. The van der Waals surface area contributed by atoms with Gasteiger partial charge in [0.2, 0.25) is 0 Å². The van der Waals surface area contributed by atoms with Crippen molar-refractivity contribution in [1.82, 2.24) is 14.1 Å². The molecule has 0 spiro atoms. The molecular weight excluding hydrogens is 543 g/mol. The maximum Gasteiger partial charge on any atom is 0.251 e. The number of aromatic nitrogens is 3. The standard InChI is InChI=1S/C32H30ClFN4O3/c1-36-19-28(23-10-11-38(30(39)14-23)17-24-8-5-9-29(33)31(24)34)27-15-25(16-35-32(27)36)37-12-13-41-26(18-37)21-40-20-22-6-3-2-4-7-22/h2-11,14-16,19,26H,12-13,17-18,20-21H2,1H3. The van der Waals surface area contributed by atoms with Gasteiger partial charge in [-0.25, -0.2) is 9.37 Å². The van der Waals surface area contributed by atoms with Crippen LogP contribution in [-0.2, 0) is 29.7 Å². The van der Waals surface area contributed by atoms with Gasteiger partial charge < -0.3 is 23.5 Å². The Morgan fingerprint density at radius 3 is 2.80 bits per heavy atom. The summed E-state index contributed by atoms with van der Waals surface area (Å²) in [5.74, 6) is -0.508. The molecule has 1 atom stereocenters. The summed E-state index contributed by atoms with van der Waals surface area (Å²) in [7, 11) is 1.94. The third-order valence-electron chi connectivity index (χ3n) is 7.40. The molecule has 1 aliphatic heterocycles. The first-order valence-corrected chi connectivity index (χ1v) is 13.9. The minimum atomic E-state index is -0.508. The predicted octanol–water partition coefficient (Wildman–Crippen LogP) is 5.66. The highest BCUT2D eigenvalue weighted by Gasteiger charge is 2.22. The van der Waals surface area contributed by atoms with Crippen LogP contribution in [0.15, 0.2) is 90.1 Å². The Labute approximate surface area is 242 Å². The highest BCUT2D eigenvalue weighted by Crippen LogP contribution is 2.32. The predicted molar refractivity (Wildman–Crippen MR) is 159 cm³/mol. The summed E-state index contributed by atoms with van der Waals surface area (Å²) in [5.41, 5.74) is 4.77. The fraction of sp³-hybridized carbons (Fsp3) is 0.250. The topological polar surface area (TPSA) is 61.5 Å². The Bertz CT molecular complexity index is 1740. The smallest absolute Gasteiger partial charge is 0.251 e. The largest absolute Gasteiger partial charge is 0.374 e.